The smallest absolute Gasteiger partial charge is 0.371 e. The fraction of sp³-hybridized carbons (Fsp3) is 0.625. The van der Waals surface area contributed by atoms with Crippen molar-refractivity contribution < 1.29 is 19.1 Å². The Kier molecular flexibility index (Phi) is 4.40. The standard InChI is InChI=1S/C16H23NO4/c1-16(2,3)10-6-4-5-7-11(10)17-14(18)12-8-9-13(21-12)15(19)20/h8-11H,4-7H2,1-3H3,(H,17,18)(H,19,20). The maximum atomic E-state index is 12.2. The molecule has 0 spiro atoms. The van der Waals surface area contributed by atoms with Crippen molar-refractivity contribution in [1.82, 2.24) is 5.32 Å². The molecule has 116 valence electrons. The second-order valence-electron chi connectivity index (χ2n) is 6.81. The number of rotatable bonds is 3. The van der Waals surface area contributed by atoms with E-state index >= 15 is 0 Å². The van der Waals surface area contributed by atoms with E-state index in [2.05, 4.69) is 26.1 Å². The summed E-state index contributed by atoms with van der Waals surface area (Å²) in [4.78, 5) is 23.0. The third-order valence-electron chi connectivity index (χ3n) is 4.24. The molecule has 1 amide bonds. The zero-order chi connectivity index (χ0) is 15.6. The zero-order valence-electron chi connectivity index (χ0n) is 12.8. The Balaban J connectivity index is 2.07. The van der Waals surface area contributed by atoms with Gasteiger partial charge in [-0.25, -0.2) is 4.79 Å². The van der Waals surface area contributed by atoms with Gasteiger partial charge in [-0.1, -0.05) is 33.6 Å². The summed E-state index contributed by atoms with van der Waals surface area (Å²) in [6.07, 6.45) is 4.36. The monoisotopic (exact) mass is 293 g/mol. The van der Waals surface area contributed by atoms with Crippen LogP contribution in [0.3, 0.4) is 0 Å². The Hall–Kier alpha value is -1.78. The van der Waals surface area contributed by atoms with Gasteiger partial charge in [0, 0.05) is 6.04 Å². The van der Waals surface area contributed by atoms with Crippen LogP contribution < -0.4 is 5.32 Å². The fourth-order valence-electron chi connectivity index (χ4n) is 3.15. The molecule has 2 N–H and O–H groups in total. The van der Waals surface area contributed by atoms with Gasteiger partial charge in [0.2, 0.25) is 5.76 Å². The van der Waals surface area contributed by atoms with Crippen molar-refractivity contribution in [2.75, 3.05) is 0 Å². The lowest BCUT2D eigenvalue weighted by molar-refractivity contribution is 0.0657. The van der Waals surface area contributed by atoms with E-state index in [0.29, 0.717) is 5.92 Å². The van der Waals surface area contributed by atoms with E-state index in [-0.39, 0.29) is 28.9 Å². The predicted molar refractivity (Wildman–Crippen MR) is 78.3 cm³/mol. The van der Waals surface area contributed by atoms with Crippen LogP contribution in [0, 0.1) is 11.3 Å². The molecule has 1 aliphatic rings. The highest BCUT2D eigenvalue weighted by Crippen LogP contribution is 2.38. The van der Waals surface area contributed by atoms with Gasteiger partial charge >= 0.3 is 5.97 Å². The van der Waals surface area contributed by atoms with Gasteiger partial charge in [0.15, 0.2) is 5.76 Å². The second kappa shape index (κ2) is 5.92. The highest BCUT2D eigenvalue weighted by atomic mass is 16.4. The quantitative estimate of drug-likeness (QED) is 0.896. The van der Waals surface area contributed by atoms with E-state index in [9.17, 15) is 9.59 Å². The van der Waals surface area contributed by atoms with Crippen molar-refractivity contribution in [2.45, 2.75) is 52.5 Å². The summed E-state index contributed by atoms with van der Waals surface area (Å²) in [7, 11) is 0. The molecule has 0 bridgehead atoms. The van der Waals surface area contributed by atoms with E-state index in [1.165, 1.54) is 18.6 Å². The number of carbonyl (C=O) groups excluding carboxylic acids is 1. The van der Waals surface area contributed by atoms with Crippen molar-refractivity contribution in [3.63, 3.8) is 0 Å². The number of carboxylic acid groups (broad SMARTS) is 1. The minimum absolute atomic E-state index is 0.0608. The summed E-state index contributed by atoms with van der Waals surface area (Å²) < 4.78 is 5.06. The number of furan rings is 1. The first-order valence-electron chi connectivity index (χ1n) is 7.43. The third-order valence-corrected chi connectivity index (χ3v) is 4.24. The first-order chi connectivity index (χ1) is 9.79. The van der Waals surface area contributed by atoms with Gasteiger partial charge in [-0.3, -0.25) is 4.79 Å². The summed E-state index contributed by atoms with van der Waals surface area (Å²) in [6, 6.07) is 2.83. The van der Waals surface area contributed by atoms with Gasteiger partial charge in [0.1, 0.15) is 0 Å². The number of amides is 1. The normalized spacial score (nSPS) is 22.8. The molecule has 0 radical (unpaired) electrons. The van der Waals surface area contributed by atoms with Crippen LogP contribution in [0.5, 0.6) is 0 Å². The number of nitrogens with one attached hydrogen (secondary N) is 1. The van der Waals surface area contributed by atoms with Crippen molar-refractivity contribution >= 4 is 11.9 Å². The fourth-order valence-corrected chi connectivity index (χ4v) is 3.15. The first-order valence-corrected chi connectivity index (χ1v) is 7.43. The molecule has 1 aromatic rings. The highest BCUT2D eigenvalue weighted by Gasteiger charge is 2.35. The minimum atomic E-state index is -1.17. The van der Waals surface area contributed by atoms with Crippen molar-refractivity contribution in [3.05, 3.63) is 23.7 Å². The van der Waals surface area contributed by atoms with Gasteiger partial charge in [-0.2, -0.15) is 0 Å². The van der Waals surface area contributed by atoms with E-state index in [1.54, 1.807) is 0 Å². The largest absolute Gasteiger partial charge is 0.475 e. The lowest BCUT2D eigenvalue weighted by Gasteiger charge is -2.40. The van der Waals surface area contributed by atoms with Crippen LogP contribution in [0.25, 0.3) is 0 Å². The second-order valence-corrected chi connectivity index (χ2v) is 6.81. The summed E-state index contributed by atoms with van der Waals surface area (Å²) >= 11 is 0. The summed E-state index contributed by atoms with van der Waals surface area (Å²) in [6.45, 7) is 6.58. The van der Waals surface area contributed by atoms with Gasteiger partial charge in [-0.15, -0.1) is 0 Å². The lowest BCUT2D eigenvalue weighted by Crippen LogP contribution is -2.46. The van der Waals surface area contributed by atoms with Crippen LogP contribution >= 0.6 is 0 Å². The molecule has 2 unspecified atom stereocenters. The van der Waals surface area contributed by atoms with Crippen molar-refractivity contribution in [1.29, 1.82) is 0 Å². The van der Waals surface area contributed by atoms with Crippen LogP contribution in [0.2, 0.25) is 0 Å². The Morgan fingerprint density at radius 2 is 1.81 bits per heavy atom. The molecule has 0 aliphatic heterocycles. The molecule has 2 rings (SSSR count). The molecule has 5 heteroatoms. The molecular weight excluding hydrogens is 270 g/mol. The Bertz CT molecular complexity index is 527. The summed E-state index contributed by atoms with van der Waals surface area (Å²) in [5.41, 5.74) is 0.133. The average Bonchev–Trinajstić information content (AvgIpc) is 2.88. The molecule has 21 heavy (non-hydrogen) atoms. The number of hydrogen-bond donors (Lipinski definition) is 2. The van der Waals surface area contributed by atoms with E-state index in [1.807, 2.05) is 0 Å². The third kappa shape index (κ3) is 3.65. The van der Waals surface area contributed by atoms with Crippen molar-refractivity contribution in [3.8, 4) is 0 Å². The topological polar surface area (TPSA) is 79.5 Å². The Labute approximate surface area is 124 Å². The number of carbonyl (C=O) groups is 2. The van der Waals surface area contributed by atoms with Gasteiger partial charge < -0.3 is 14.8 Å². The number of aromatic carboxylic acids is 1. The number of carboxylic acids is 1. The van der Waals surface area contributed by atoms with E-state index in [0.717, 1.165) is 19.3 Å². The SMILES string of the molecule is CC(C)(C)C1CCCCC1NC(=O)c1ccc(C(=O)O)o1. The summed E-state index contributed by atoms with van der Waals surface area (Å²) in [5.74, 6) is -1.23. The van der Waals surface area contributed by atoms with Crippen LogP contribution in [-0.4, -0.2) is 23.0 Å². The lowest BCUT2D eigenvalue weighted by atomic mass is 9.69. The minimum Gasteiger partial charge on any atom is -0.475 e. The maximum Gasteiger partial charge on any atom is 0.371 e. The molecular formula is C16H23NO4. The van der Waals surface area contributed by atoms with Crippen LogP contribution in [0.15, 0.2) is 16.5 Å². The highest BCUT2D eigenvalue weighted by molar-refractivity contribution is 5.93. The molecule has 1 heterocycles. The molecule has 0 aromatic carbocycles. The molecule has 2 atom stereocenters. The van der Waals surface area contributed by atoms with Crippen LogP contribution in [-0.2, 0) is 0 Å². The zero-order valence-corrected chi connectivity index (χ0v) is 12.8. The first kappa shape index (κ1) is 15.6. The molecule has 0 saturated heterocycles. The molecule has 1 saturated carbocycles. The van der Waals surface area contributed by atoms with Crippen molar-refractivity contribution in [2.24, 2.45) is 11.3 Å². The molecule has 1 fully saturated rings. The maximum absolute atomic E-state index is 12.2. The Morgan fingerprint density at radius 1 is 1.19 bits per heavy atom. The van der Waals surface area contributed by atoms with Crippen LogP contribution in [0.1, 0.15) is 67.6 Å². The summed E-state index contributed by atoms with van der Waals surface area (Å²) in [5, 5.41) is 11.8. The van der Waals surface area contributed by atoms with E-state index in [4.69, 9.17) is 9.52 Å². The van der Waals surface area contributed by atoms with Crippen LogP contribution in [0.4, 0.5) is 0 Å². The molecule has 5 nitrogen and oxygen atoms in total. The predicted octanol–water partition coefficient (Wildman–Crippen LogP) is 3.31. The number of hydrogen-bond acceptors (Lipinski definition) is 3. The van der Waals surface area contributed by atoms with Gasteiger partial charge in [0.25, 0.3) is 5.91 Å². The van der Waals surface area contributed by atoms with E-state index < -0.39 is 5.97 Å². The molecule has 1 aromatic heterocycles. The van der Waals surface area contributed by atoms with Gasteiger partial charge in [-0.05, 0) is 36.3 Å². The Morgan fingerprint density at radius 3 is 2.38 bits per heavy atom. The van der Waals surface area contributed by atoms with Gasteiger partial charge in [0.05, 0.1) is 0 Å². The molecule has 1 aliphatic carbocycles. The average molecular weight is 293 g/mol.